The number of aryl methyl sites for hydroxylation is 1. The lowest BCUT2D eigenvalue weighted by Gasteiger charge is -2.05. The molecular formula is C15H13ClN4O3. The van der Waals surface area contributed by atoms with E-state index < -0.39 is 5.97 Å². The first kappa shape index (κ1) is 15.2. The molecule has 0 aromatic carbocycles. The van der Waals surface area contributed by atoms with Gasteiger partial charge in [0.25, 0.3) is 0 Å². The molecule has 0 aliphatic carbocycles. The molecule has 0 saturated carbocycles. The number of nitrogens with zero attached hydrogens (tertiary/aromatic N) is 4. The quantitative estimate of drug-likeness (QED) is 0.789. The smallest absolute Gasteiger partial charge is 0.338 e. The van der Waals surface area contributed by atoms with Gasteiger partial charge in [0.05, 0.1) is 47.2 Å². The lowest BCUT2D eigenvalue weighted by atomic mass is 10.2. The van der Waals surface area contributed by atoms with Gasteiger partial charge in [-0.3, -0.25) is 4.98 Å². The van der Waals surface area contributed by atoms with Gasteiger partial charge >= 0.3 is 5.97 Å². The molecule has 0 aliphatic heterocycles. The fraction of sp³-hybridized carbons (Fsp3) is 0.200. The number of methoxy groups -OCH3 is 1. The molecule has 0 atom stereocenters. The number of aromatic nitrogens is 4. The van der Waals surface area contributed by atoms with Crippen molar-refractivity contribution in [1.29, 1.82) is 0 Å². The van der Waals surface area contributed by atoms with Gasteiger partial charge in [-0.2, -0.15) is 5.10 Å². The van der Waals surface area contributed by atoms with Gasteiger partial charge in [-0.05, 0) is 19.1 Å². The van der Waals surface area contributed by atoms with E-state index in [0.717, 1.165) is 5.69 Å². The van der Waals surface area contributed by atoms with E-state index in [9.17, 15) is 4.79 Å². The van der Waals surface area contributed by atoms with E-state index in [-0.39, 0.29) is 10.6 Å². The summed E-state index contributed by atoms with van der Waals surface area (Å²) in [5.41, 5.74) is 1.88. The number of rotatable bonds is 4. The van der Waals surface area contributed by atoms with Crippen LogP contribution in [0.3, 0.4) is 0 Å². The number of pyridine rings is 2. The molecule has 1 N–H and O–H groups in total. The van der Waals surface area contributed by atoms with Crippen LogP contribution in [0.15, 0.2) is 24.5 Å². The number of carboxylic acid groups (broad SMARTS) is 1. The van der Waals surface area contributed by atoms with Crippen molar-refractivity contribution in [3.8, 4) is 5.75 Å². The minimum Gasteiger partial charge on any atom is -0.495 e. The molecule has 8 heteroatoms. The SMILES string of the molecule is COc1ccc(Cn2nc(C)c3c(Cl)c(C(=O)O)cnc32)nc1. The largest absolute Gasteiger partial charge is 0.495 e. The lowest BCUT2D eigenvalue weighted by Crippen LogP contribution is -2.05. The van der Waals surface area contributed by atoms with Crippen molar-refractivity contribution in [2.45, 2.75) is 13.5 Å². The van der Waals surface area contributed by atoms with Gasteiger partial charge in [-0.25, -0.2) is 14.5 Å². The molecule has 3 heterocycles. The Kier molecular flexibility index (Phi) is 3.87. The Morgan fingerprint density at radius 1 is 1.35 bits per heavy atom. The van der Waals surface area contributed by atoms with Gasteiger partial charge in [-0.15, -0.1) is 0 Å². The first-order chi connectivity index (χ1) is 11.0. The summed E-state index contributed by atoms with van der Waals surface area (Å²) in [5, 5.41) is 14.2. The maximum atomic E-state index is 11.2. The summed E-state index contributed by atoms with van der Waals surface area (Å²) in [6.07, 6.45) is 2.86. The highest BCUT2D eigenvalue weighted by Crippen LogP contribution is 2.28. The second-order valence-electron chi connectivity index (χ2n) is 4.92. The molecule has 118 valence electrons. The van der Waals surface area contributed by atoms with Gasteiger partial charge in [-0.1, -0.05) is 11.6 Å². The summed E-state index contributed by atoms with van der Waals surface area (Å²) in [4.78, 5) is 19.6. The molecule has 0 aliphatic rings. The van der Waals surface area contributed by atoms with E-state index in [1.807, 2.05) is 12.1 Å². The summed E-state index contributed by atoms with van der Waals surface area (Å²) in [5.74, 6) is -0.448. The predicted molar refractivity (Wildman–Crippen MR) is 84.1 cm³/mol. The molecule has 0 unspecified atom stereocenters. The predicted octanol–water partition coefficient (Wildman–Crippen LogP) is 2.54. The van der Waals surface area contributed by atoms with Crippen molar-refractivity contribution in [3.05, 3.63) is 46.5 Å². The maximum Gasteiger partial charge on any atom is 0.338 e. The molecule has 0 spiro atoms. The molecule has 0 fully saturated rings. The zero-order chi connectivity index (χ0) is 16.6. The normalized spacial score (nSPS) is 10.9. The molecule has 7 nitrogen and oxygen atoms in total. The van der Waals surface area contributed by atoms with Crippen molar-refractivity contribution in [2.24, 2.45) is 0 Å². The van der Waals surface area contributed by atoms with Crippen molar-refractivity contribution in [2.75, 3.05) is 7.11 Å². The van der Waals surface area contributed by atoms with Crippen LogP contribution in [-0.2, 0) is 6.54 Å². The van der Waals surface area contributed by atoms with Crippen LogP contribution in [0, 0.1) is 6.92 Å². The van der Waals surface area contributed by atoms with Crippen LogP contribution in [0.5, 0.6) is 5.75 Å². The van der Waals surface area contributed by atoms with Crippen LogP contribution in [0.4, 0.5) is 0 Å². The van der Waals surface area contributed by atoms with Crippen LogP contribution in [0.25, 0.3) is 11.0 Å². The Labute approximate surface area is 136 Å². The Morgan fingerprint density at radius 2 is 2.13 bits per heavy atom. The van der Waals surface area contributed by atoms with Gasteiger partial charge in [0.15, 0.2) is 5.65 Å². The summed E-state index contributed by atoms with van der Waals surface area (Å²) < 4.78 is 6.72. The minimum atomic E-state index is -1.12. The van der Waals surface area contributed by atoms with Crippen LogP contribution >= 0.6 is 11.6 Å². The molecule has 3 aromatic rings. The van der Waals surface area contributed by atoms with Crippen LogP contribution < -0.4 is 4.74 Å². The zero-order valence-corrected chi connectivity index (χ0v) is 13.2. The van der Waals surface area contributed by atoms with E-state index in [1.54, 1.807) is 24.9 Å². The van der Waals surface area contributed by atoms with Crippen LogP contribution in [-0.4, -0.2) is 37.9 Å². The Morgan fingerprint density at radius 3 is 2.74 bits per heavy atom. The second-order valence-corrected chi connectivity index (χ2v) is 5.30. The number of ether oxygens (including phenoxy) is 1. The van der Waals surface area contributed by atoms with E-state index in [4.69, 9.17) is 21.4 Å². The van der Waals surface area contributed by atoms with Crippen molar-refractivity contribution >= 4 is 28.6 Å². The molecule has 3 rings (SSSR count). The molecule has 3 aromatic heterocycles. The van der Waals surface area contributed by atoms with Crippen molar-refractivity contribution in [1.82, 2.24) is 19.7 Å². The number of carbonyl (C=O) groups is 1. The first-order valence-corrected chi connectivity index (χ1v) is 7.13. The van der Waals surface area contributed by atoms with E-state index in [1.165, 1.54) is 6.20 Å². The minimum absolute atomic E-state index is 0.0376. The fourth-order valence-corrected chi connectivity index (χ4v) is 2.66. The average molecular weight is 333 g/mol. The number of hydrogen-bond donors (Lipinski definition) is 1. The van der Waals surface area contributed by atoms with Crippen molar-refractivity contribution in [3.63, 3.8) is 0 Å². The van der Waals surface area contributed by atoms with Gasteiger partial charge in [0.2, 0.25) is 0 Å². The Bertz CT molecular complexity index is 890. The summed E-state index contributed by atoms with van der Waals surface area (Å²) in [6.45, 7) is 2.16. The second kappa shape index (κ2) is 5.85. The topological polar surface area (TPSA) is 90.1 Å². The highest BCUT2D eigenvalue weighted by Gasteiger charge is 2.19. The van der Waals surface area contributed by atoms with E-state index >= 15 is 0 Å². The number of aromatic carboxylic acids is 1. The maximum absolute atomic E-state index is 11.2. The molecular weight excluding hydrogens is 320 g/mol. The highest BCUT2D eigenvalue weighted by molar-refractivity contribution is 6.38. The summed E-state index contributed by atoms with van der Waals surface area (Å²) in [7, 11) is 1.58. The zero-order valence-electron chi connectivity index (χ0n) is 12.4. The van der Waals surface area contributed by atoms with E-state index in [2.05, 4.69) is 15.1 Å². The molecule has 0 bridgehead atoms. The Hall–Kier alpha value is -2.67. The van der Waals surface area contributed by atoms with Gasteiger partial charge < -0.3 is 9.84 Å². The molecule has 0 amide bonds. The van der Waals surface area contributed by atoms with Crippen molar-refractivity contribution < 1.29 is 14.6 Å². The number of fused-ring (bicyclic) bond motifs is 1. The first-order valence-electron chi connectivity index (χ1n) is 6.75. The van der Waals surface area contributed by atoms with Gasteiger partial charge in [0.1, 0.15) is 5.75 Å². The number of carboxylic acids is 1. The monoisotopic (exact) mass is 332 g/mol. The standard InChI is InChI=1S/C15H13ClN4O3/c1-8-12-13(16)11(15(21)22)6-18-14(12)20(19-8)7-9-3-4-10(23-2)5-17-9/h3-6H,7H2,1-2H3,(H,21,22). The number of hydrogen-bond acceptors (Lipinski definition) is 5. The molecule has 0 saturated heterocycles. The van der Waals surface area contributed by atoms with Crippen LogP contribution in [0.2, 0.25) is 5.02 Å². The number of halogens is 1. The summed E-state index contributed by atoms with van der Waals surface area (Å²) >= 11 is 6.19. The fourth-order valence-electron chi connectivity index (χ4n) is 2.31. The summed E-state index contributed by atoms with van der Waals surface area (Å²) in [6, 6.07) is 3.64. The molecule has 0 radical (unpaired) electrons. The third kappa shape index (κ3) is 2.70. The lowest BCUT2D eigenvalue weighted by molar-refractivity contribution is 0.0697. The highest BCUT2D eigenvalue weighted by atomic mass is 35.5. The van der Waals surface area contributed by atoms with Crippen LogP contribution in [0.1, 0.15) is 21.7 Å². The third-order valence-electron chi connectivity index (χ3n) is 3.45. The van der Waals surface area contributed by atoms with Gasteiger partial charge in [0, 0.05) is 6.20 Å². The average Bonchev–Trinajstić information content (AvgIpc) is 2.85. The molecule has 23 heavy (non-hydrogen) atoms. The Balaban J connectivity index is 2.04. The van der Waals surface area contributed by atoms with E-state index in [0.29, 0.717) is 29.0 Å². The third-order valence-corrected chi connectivity index (χ3v) is 3.84.